The van der Waals surface area contributed by atoms with Gasteiger partial charge in [-0.15, -0.1) is 16.4 Å². The fraction of sp³-hybridized carbons (Fsp3) is 0.435. The van der Waals surface area contributed by atoms with Crippen molar-refractivity contribution in [1.82, 2.24) is 25.5 Å². The van der Waals surface area contributed by atoms with Crippen LogP contribution in [0.5, 0.6) is 0 Å². The molecule has 2 aromatic heterocycles. The number of amides is 2. The number of hydrogen-bond donors (Lipinski definition) is 1. The topological polar surface area (TPSA) is 105 Å². The summed E-state index contributed by atoms with van der Waals surface area (Å²) in [4.78, 5) is 27.3. The van der Waals surface area contributed by atoms with Gasteiger partial charge < -0.3 is 15.0 Å². The van der Waals surface area contributed by atoms with E-state index in [2.05, 4.69) is 20.8 Å². The number of nitrogens with zero attached hydrogens (tertiary/aromatic N) is 6. The van der Waals surface area contributed by atoms with Gasteiger partial charge in [0, 0.05) is 43.4 Å². The van der Waals surface area contributed by atoms with Crippen LogP contribution in [0.15, 0.2) is 29.6 Å². The quantitative estimate of drug-likeness (QED) is 0.514. The number of ether oxygens (including phenoxy) is 1. The molecule has 3 aromatic rings. The molecular weight excluding hydrogens is 492 g/mol. The van der Waals surface area contributed by atoms with Crippen molar-refractivity contribution in [2.45, 2.75) is 38.3 Å². The fourth-order valence-electron chi connectivity index (χ4n) is 4.62. The minimum absolute atomic E-state index is 0.0384. The number of benzene rings is 1. The van der Waals surface area contributed by atoms with Gasteiger partial charge in [0.05, 0.1) is 24.8 Å². The smallest absolute Gasteiger partial charge is 0.414 e. The predicted octanol–water partition coefficient (Wildman–Crippen LogP) is 2.91. The lowest BCUT2D eigenvalue weighted by atomic mass is 10.0. The minimum atomic E-state index is -0.748. The molecular formula is C23H25F2N7O3S. The minimum Gasteiger partial charge on any atom is -0.442 e. The van der Waals surface area contributed by atoms with E-state index in [1.807, 2.05) is 22.2 Å². The lowest BCUT2D eigenvalue weighted by molar-refractivity contribution is -0.119. The second-order valence-electron chi connectivity index (χ2n) is 8.83. The molecule has 0 radical (unpaired) electrons. The van der Waals surface area contributed by atoms with E-state index >= 15 is 8.78 Å². The number of cyclic esters (lactones) is 1. The maximum absolute atomic E-state index is 15.1. The highest BCUT2D eigenvalue weighted by atomic mass is 32.1. The maximum atomic E-state index is 15.1. The van der Waals surface area contributed by atoms with E-state index < -0.39 is 23.8 Å². The first-order chi connectivity index (χ1) is 17.4. The Balaban J connectivity index is 1.25. The van der Waals surface area contributed by atoms with Gasteiger partial charge in [-0.25, -0.2) is 18.3 Å². The second-order valence-corrected chi connectivity index (χ2v) is 9.86. The third-order valence-corrected chi connectivity index (χ3v) is 7.24. The number of halogens is 2. The van der Waals surface area contributed by atoms with Gasteiger partial charge in [-0.3, -0.25) is 9.69 Å². The maximum Gasteiger partial charge on any atom is 0.414 e. The number of thiophene rings is 1. The lowest BCUT2D eigenvalue weighted by Crippen LogP contribution is -2.36. The highest BCUT2D eigenvalue weighted by Crippen LogP contribution is 2.34. The van der Waals surface area contributed by atoms with Crippen molar-refractivity contribution in [3.05, 3.63) is 52.0 Å². The van der Waals surface area contributed by atoms with E-state index in [0.29, 0.717) is 32.4 Å². The molecule has 1 N–H and O–H groups in total. The number of aromatic nitrogens is 4. The highest BCUT2D eigenvalue weighted by molar-refractivity contribution is 7.09. The van der Waals surface area contributed by atoms with E-state index in [-0.39, 0.29) is 36.4 Å². The van der Waals surface area contributed by atoms with Crippen molar-refractivity contribution in [3.63, 3.8) is 0 Å². The van der Waals surface area contributed by atoms with Crippen LogP contribution < -0.4 is 15.1 Å². The number of nitrogens with one attached hydrogen (secondary N) is 1. The molecule has 13 heteroatoms. The van der Waals surface area contributed by atoms with Crippen molar-refractivity contribution in [2.24, 2.45) is 0 Å². The molecule has 10 nitrogen and oxygen atoms in total. The SMILES string of the molecule is CC(=O)NCC1CN(c2cc(F)c(N3CCC(n4nnnc4Cc4cccs4)CC3)c(F)c2)C(=O)O1. The van der Waals surface area contributed by atoms with Crippen LogP contribution >= 0.6 is 11.3 Å². The Kier molecular flexibility index (Phi) is 6.81. The van der Waals surface area contributed by atoms with Gasteiger partial charge >= 0.3 is 6.09 Å². The Morgan fingerprint density at radius 3 is 2.67 bits per heavy atom. The van der Waals surface area contributed by atoms with Crippen LogP contribution in [0.3, 0.4) is 0 Å². The third kappa shape index (κ3) is 5.01. The van der Waals surface area contributed by atoms with E-state index in [4.69, 9.17) is 4.74 Å². The van der Waals surface area contributed by atoms with Crippen molar-refractivity contribution in [2.75, 3.05) is 36.0 Å². The zero-order valence-corrected chi connectivity index (χ0v) is 20.4. The molecule has 190 valence electrons. The van der Waals surface area contributed by atoms with Crippen LogP contribution in [-0.2, 0) is 16.0 Å². The standard InChI is InChI=1S/C23H25F2N7O3S/c1-14(33)26-12-17-13-31(23(34)35-17)16-9-19(24)22(20(25)10-16)30-6-4-15(5-7-30)32-21(27-28-29-32)11-18-3-2-8-36-18/h2-3,8-10,15,17H,4-7,11-13H2,1H3,(H,26,33). The van der Waals surface area contributed by atoms with E-state index in [1.54, 1.807) is 16.2 Å². The number of anilines is 2. The lowest BCUT2D eigenvalue weighted by Gasteiger charge is -2.34. The Bertz CT molecular complexity index is 1220. The van der Waals surface area contributed by atoms with Crippen molar-refractivity contribution in [1.29, 1.82) is 0 Å². The first kappa shape index (κ1) is 24.1. The average Bonchev–Trinajstić information content (AvgIpc) is 3.60. The summed E-state index contributed by atoms with van der Waals surface area (Å²) in [6.45, 7) is 2.43. The summed E-state index contributed by atoms with van der Waals surface area (Å²) in [7, 11) is 0. The van der Waals surface area contributed by atoms with Crippen molar-refractivity contribution < 1.29 is 23.1 Å². The molecule has 2 amide bonds. The van der Waals surface area contributed by atoms with Crippen LogP contribution in [-0.4, -0.2) is 64.5 Å². The van der Waals surface area contributed by atoms with Crippen LogP contribution in [0.4, 0.5) is 25.0 Å². The summed E-state index contributed by atoms with van der Waals surface area (Å²) in [5.41, 5.74) is -0.0408. The van der Waals surface area contributed by atoms with Crippen LogP contribution in [0.25, 0.3) is 0 Å². The largest absolute Gasteiger partial charge is 0.442 e. The molecule has 1 aromatic carbocycles. The summed E-state index contributed by atoms with van der Waals surface area (Å²) in [6, 6.07) is 6.35. The number of rotatable bonds is 7. The van der Waals surface area contributed by atoms with E-state index in [0.717, 1.165) is 22.8 Å². The Morgan fingerprint density at radius 2 is 2.00 bits per heavy atom. The zero-order valence-electron chi connectivity index (χ0n) is 19.6. The van der Waals surface area contributed by atoms with Gasteiger partial charge in [-0.1, -0.05) is 6.07 Å². The molecule has 5 rings (SSSR count). The second kappa shape index (κ2) is 10.2. The molecule has 0 aliphatic carbocycles. The Morgan fingerprint density at radius 1 is 1.25 bits per heavy atom. The monoisotopic (exact) mass is 517 g/mol. The first-order valence-corrected chi connectivity index (χ1v) is 12.5. The molecule has 2 saturated heterocycles. The summed E-state index contributed by atoms with van der Waals surface area (Å²) >= 11 is 1.64. The summed E-state index contributed by atoms with van der Waals surface area (Å²) in [5.74, 6) is -0.981. The molecule has 36 heavy (non-hydrogen) atoms. The van der Waals surface area contributed by atoms with Crippen LogP contribution in [0.2, 0.25) is 0 Å². The van der Waals surface area contributed by atoms with Gasteiger partial charge in [-0.2, -0.15) is 0 Å². The highest BCUT2D eigenvalue weighted by Gasteiger charge is 2.34. The summed E-state index contributed by atoms with van der Waals surface area (Å²) in [5, 5.41) is 16.7. The molecule has 1 unspecified atom stereocenters. The summed E-state index contributed by atoms with van der Waals surface area (Å²) < 4.78 is 37.3. The predicted molar refractivity (Wildman–Crippen MR) is 128 cm³/mol. The van der Waals surface area contributed by atoms with E-state index in [9.17, 15) is 9.59 Å². The normalized spacial score (nSPS) is 18.5. The van der Waals surface area contributed by atoms with Crippen LogP contribution in [0.1, 0.15) is 36.5 Å². The van der Waals surface area contributed by atoms with Gasteiger partial charge in [0.2, 0.25) is 5.91 Å². The van der Waals surface area contributed by atoms with Gasteiger partial charge in [0.1, 0.15) is 11.8 Å². The third-order valence-electron chi connectivity index (χ3n) is 6.37. The van der Waals surface area contributed by atoms with Crippen molar-refractivity contribution in [3.8, 4) is 0 Å². The van der Waals surface area contributed by atoms with Gasteiger partial charge in [-0.05, 0) is 34.7 Å². The first-order valence-electron chi connectivity index (χ1n) is 11.6. The van der Waals surface area contributed by atoms with Gasteiger partial charge in [0.15, 0.2) is 17.5 Å². The van der Waals surface area contributed by atoms with E-state index in [1.165, 1.54) is 11.8 Å². The number of hydrogen-bond acceptors (Lipinski definition) is 8. The van der Waals surface area contributed by atoms with Crippen LogP contribution in [0, 0.1) is 11.6 Å². The van der Waals surface area contributed by atoms with Crippen molar-refractivity contribution >= 4 is 34.7 Å². The fourth-order valence-corrected chi connectivity index (χ4v) is 5.32. The summed E-state index contributed by atoms with van der Waals surface area (Å²) in [6.07, 6.45) is 0.596. The zero-order chi connectivity index (χ0) is 25.2. The molecule has 2 aliphatic heterocycles. The molecule has 1 atom stereocenters. The number of piperidine rings is 1. The average molecular weight is 518 g/mol. The molecule has 2 fully saturated rings. The Labute approximate surface area is 209 Å². The Hall–Kier alpha value is -3.61. The van der Waals surface area contributed by atoms with Gasteiger partial charge in [0.25, 0.3) is 0 Å². The number of tetrazole rings is 1. The molecule has 0 saturated carbocycles. The molecule has 0 spiro atoms. The molecule has 2 aliphatic rings. The molecule has 4 heterocycles. The number of carbonyl (C=O) groups is 2. The number of carbonyl (C=O) groups excluding carboxylic acids is 2. The molecule has 0 bridgehead atoms.